The first kappa shape index (κ1) is 22.2. The number of hydrogen-bond donors (Lipinski definition) is 2. The minimum absolute atomic E-state index is 0.0943. The number of esters is 1. The summed E-state index contributed by atoms with van der Waals surface area (Å²) in [6.07, 6.45) is -0.785. The first-order valence-electron chi connectivity index (χ1n) is 9.35. The second-order valence-electron chi connectivity index (χ2n) is 6.75. The number of aliphatic hydroxyl groups is 1. The van der Waals surface area contributed by atoms with Crippen LogP contribution in [0.3, 0.4) is 0 Å². The van der Waals surface area contributed by atoms with Crippen molar-refractivity contribution in [2.75, 3.05) is 19.5 Å². The number of methoxy groups -OCH3 is 2. The summed E-state index contributed by atoms with van der Waals surface area (Å²) in [5.41, 5.74) is 1.43. The average Bonchev–Trinajstić information content (AvgIpc) is 2.71. The molecular weight excluding hydrogens is 374 g/mol. The molecule has 7 nitrogen and oxygen atoms in total. The Morgan fingerprint density at radius 3 is 2.48 bits per heavy atom. The van der Waals surface area contributed by atoms with Crippen LogP contribution in [0.4, 0.5) is 5.69 Å². The molecule has 0 saturated carbocycles. The molecule has 1 unspecified atom stereocenters. The average molecular weight is 401 g/mol. The molecule has 0 fully saturated rings. The number of ether oxygens (including phenoxy) is 3. The lowest BCUT2D eigenvalue weighted by Crippen LogP contribution is -2.15. The molecule has 2 rings (SSSR count). The van der Waals surface area contributed by atoms with Gasteiger partial charge in [0.15, 0.2) is 0 Å². The Balaban J connectivity index is 1.95. The Hall–Kier alpha value is -3.06. The normalized spacial score (nSPS) is 11.7. The van der Waals surface area contributed by atoms with E-state index in [9.17, 15) is 14.7 Å². The fourth-order valence-electron chi connectivity index (χ4n) is 2.75. The molecule has 0 aliphatic carbocycles. The van der Waals surface area contributed by atoms with Crippen molar-refractivity contribution in [2.45, 2.75) is 38.9 Å². The van der Waals surface area contributed by atoms with Gasteiger partial charge in [-0.1, -0.05) is 6.07 Å². The van der Waals surface area contributed by atoms with Crippen LogP contribution >= 0.6 is 0 Å². The molecule has 0 aromatic heterocycles. The number of aliphatic hydroxyl groups excluding tert-OH is 1. The standard InChI is InChI=1S/C22H27NO6/c1-14(2)29-22(26)15-6-5-7-16(12-15)23-21(25)11-10-19(24)18-9-8-17(27-3)13-20(18)28-4/h5-9,12-14,19,24H,10-11H2,1-4H3,(H,23,25). The second-order valence-corrected chi connectivity index (χ2v) is 6.75. The molecule has 156 valence electrons. The van der Waals surface area contributed by atoms with Crippen molar-refractivity contribution >= 4 is 17.6 Å². The van der Waals surface area contributed by atoms with Crippen LogP contribution in [0.2, 0.25) is 0 Å². The number of rotatable bonds is 9. The summed E-state index contributed by atoms with van der Waals surface area (Å²) < 4.78 is 15.6. The van der Waals surface area contributed by atoms with E-state index in [1.54, 1.807) is 63.4 Å². The van der Waals surface area contributed by atoms with Crippen molar-refractivity contribution in [1.29, 1.82) is 0 Å². The van der Waals surface area contributed by atoms with Crippen molar-refractivity contribution in [3.05, 3.63) is 53.6 Å². The third kappa shape index (κ3) is 6.50. The van der Waals surface area contributed by atoms with E-state index in [1.165, 1.54) is 7.11 Å². The predicted octanol–water partition coefficient (Wildman–Crippen LogP) is 3.72. The predicted molar refractivity (Wildman–Crippen MR) is 109 cm³/mol. The zero-order valence-corrected chi connectivity index (χ0v) is 17.1. The minimum Gasteiger partial charge on any atom is -0.497 e. The van der Waals surface area contributed by atoms with E-state index in [-0.39, 0.29) is 24.9 Å². The molecule has 0 spiro atoms. The molecule has 0 aliphatic rings. The summed E-state index contributed by atoms with van der Waals surface area (Å²) >= 11 is 0. The van der Waals surface area contributed by atoms with Gasteiger partial charge in [0.05, 0.1) is 32.0 Å². The van der Waals surface area contributed by atoms with Gasteiger partial charge in [-0.3, -0.25) is 4.79 Å². The van der Waals surface area contributed by atoms with Gasteiger partial charge in [-0.2, -0.15) is 0 Å². The smallest absolute Gasteiger partial charge is 0.338 e. The number of amides is 1. The molecule has 0 radical (unpaired) electrons. The summed E-state index contributed by atoms with van der Waals surface area (Å²) in [7, 11) is 3.06. The third-order valence-corrected chi connectivity index (χ3v) is 4.17. The highest BCUT2D eigenvalue weighted by atomic mass is 16.5. The highest BCUT2D eigenvalue weighted by molar-refractivity contribution is 5.94. The summed E-state index contributed by atoms with van der Waals surface area (Å²) in [5, 5.41) is 13.2. The van der Waals surface area contributed by atoms with Crippen LogP contribution in [-0.2, 0) is 9.53 Å². The van der Waals surface area contributed by atoms with Gasteiger partial charge in [-0.05, 0) is 50.6 Å². The Kier molecular flexibility index (Phi) is 8.03. The monoisotopic (exact) mass is 401 g/mol. The number of nitrogens with one attached hydrogen (secondary N) is 1. The third-order valence-electron chi connectivity index (χ3n) is 4.17. The largest absolute Gasteiger partial charge is 0.497 e. The Morgan fingerprint density at radius 1 is 1.07 bits per heavy atom. The molecule has 2 aromatic carbocycles. The molecular formula is C22H27NO6. The van der Waals surface area contributed by atoms with E-state index in [2.05, 4.69) is 5.32 Å². The minimum atomic E-state index is -0.867. The lowest BCUT2D eigenvalue weighted by atomic mass is 10.0. The number of carbonyl (C=O) groups excluding carboxylic acids is 2. The Bertz CT molecular complexity index is 849. The zero-order chi connectivity index (χ0) is 21.4. The first-order valence-corrected chi connectivity index (χ1v) is 9.35. The van der Waals surface area contributed by atoms with Crippen LogP contribution < -0.4 is 14.8 Å². The van der Waals surface area contributed by atoms with Crippen LogP contribution in [0.15, 0.2) is 42.5 Å². The van der Waals surface area contributed by atoms with E-state index in [4.69, 9.17) is 14.2 Å². The van der Waals surface area contributed by atoms with Crippen molar-refractivity contribution in [2.24, 2.45) is 0 Å². The molecule has 7 heteroatoms. The number of anilines is 1. The maximum absolute atomic E-state index is 12.3. The SMILES string of the molecule is COc1ccc(C(O)CCC(=O)Nc2cccc(C(=O)OC(C)C)c2)c(OC)c1. The summed E-state index contributed by atoms with van der Waals surface area (Å²) in [5.74, 6) is 0.393. The van der Waals surface area contributed by atoms with Gasteiger partial charge >= 0.3 is 5.97 Å². The number of carbonyl (C=O) groups is 2. The fourth-order valence-corrected chi connectivity index (χ4v) is 2.75. The van der Waals surface area contributed by atoms with Crippen LogP contribution in [0.25, 0.3) is 0 Å². The van der Waals surface area contributed by atoms with E-state index in [0.29, 0.717) is 28.3 Å². The lowest BCUT2D eigenvalue weighted by molar-refractivity contribution is -0.116. The van der Waals surface area contributed by atoms with Crippen molar-refractivity contribution in [3.8, 4) is 11.5 Å². The van der Waals surface area contributed by atoms with E-state index >= 15 is 0 Å². The molecule has 2 N–H and O–H groups in total. The highest BCUT2D eigenvalue weighted by Crippen LogP contribution is 2.31. The topological polar surface area (TPSA) is 94.1 Å². The molecule has 0 saturated heterocycles. The molecule has 1 amide bonds. The van der Waals surface area contributed by atoms with E-state index in [0.717, 1.165) is 0 Å². The molecule has 0 heterocycles. The van der Waals surface area contributed by atoms with Crippen LogP contribution in [0, 0.1) is 0 Å². The maximum Gasteiger partial charge on any atom is 0.338 e. The maximum atomic E-state index is 12.3. The molecule has 0 bridgehead atoms. The fraction of sp³-hybridized carbons (Fsp3) is 0.364. The van der Waals surface area contributed by atoms with Crippen molar-refractivity contribution in [3.63, 3.8) is 0 Å². The summed E-state index contributed by atoms with van der Waals surface area (Å²) in [6, 6.07) is 11.7. The second kappa shape index (κ2) is 10.5. The Morgan fingerprint density at radius 2 is 1.83 bits per heavy atom. The van der Waals surface area contributed by atoms with Gasteiger partial charge in [0, 0.05) is 23.7 Å². The van der Waals surface area contributed by atoms with Crippen molar-refractivity contribution < 1.29 is 28.9 Å². The van der Waals surface area contributed by atoms with Crippen LogP contribution in [-0.4, -0.2) is 37.3 Å². The van der Waals surface area contributed by atoms with Gasteiger partial charge in [0.1, 0.15) is 11.5 Å². The number of hydrogen-bond acceptors (Lipinski definition) is 6. The van der Waals surface area contributed by atoms with Gasteiger partial charge in [-0.25, -0.2) is 4.79 Å². The lowest BCUT2D eigenvalue weighted by Gasteiger charge is -2.16. The molecule has 0 aliphatic heterocycles. The van der Waals surface area contributed by atoms with Gasteiger partial charge in [-0.15, -0.1) is 0 Å². The van der Waals surface area contributed by atoms with E-state index < -0.39 is 12.1 Å². The molecule has 1 atom stereocenters. The van der Waals surface area contributed by atoms with Crippen LogP contribution in [0.1, 0.15) is 48.7 Å². The van der Waals surface area contributed by atoms with E-state index in [1.807, 2.05) is 0 Å². The van der Waals surface area contributed by atoms with Gasteiger partial charge < -0.3 is 24.6 Å². The zero-order valence-electron chi connectivity index (χ0n) is 17.1. The highest BCUT2D eigenvalue weighted by Gasteiger charge is 2.16. The quantitative estimate of drug-likeness (QED) is 0.622. The van der Waals surface area contributed by atoms with Crippen LogP contribution in [0.5, 0.6) is 11.5 Å². The first-order chi connectivity index (χ1) is 13.8. The van der Waals surface area contributed by atoms with Gasteiger partial charge in [0.2, 0.25) is 5.91 Å². The summed E-state index contributed by atoms with van der Waals surface area (Å²) in [4.78, 5) is 24.3. The number of benzene rings is 2. The van der Waals surface area contributed by atoms with Crippen molar-refractivity contribution in [1.82, 2.24) is 0 Å². The molecule has 29 heavy (non-hydrogen) atoms. The summed E-state index contributed by atoms with van der Waals surface area (Å²) in [6.45, 7) is 3.54. The van der Waals surface area contributed by atoms with Gasteiger partial charge in [0.25, 0.3) is 0 Å². The Labute approximate surface area is 170 Å². The molecule has 2 aromatic rings.